The molecule has 1 aromatic rings. The first-order chi connectivity index (χ1) is 7.47. The van der Waals surface area contributed by atoms with Crippen molar-refractivity contribution in [1.82, 2.24) is 0 Å². The Labute approximate surface area is 90.3 Å². The van der Waals surface area contributed by atoms with Crippen LogP contribution in [0.2, 0.25) is 0 Å². The second kappa shape index (κ2) is 5.34. The van der Waals surface area contributed by atoms with Gasteiger partial charge in [0.1, 0.15) is 0 Å². The molecule has 0 amide bonds. The van der Waals surface area contributed by atoms with Gasteiger partial charge in [0.05, 0.1) is 0 Å². The minimum Gasteiger partial charge on any atom is -0.453 e. The molecule has 0 saturated carbocycles. The standard InChI is InChI=1S/C11H9F3O2/c12-11(13,14)8-16-10(15)7-6-9-4-2-1-3-5-9/h1-7H,8H2/b7-6+. The van der Waals surface area contributed by atoms with Gasteiger partial charge >= 0.3 is 12.1 Å². The number of carbonyl (C=O) groups is 1. The third-order valence-corrected chi connectivity index (χ3v) is 1.59. The van der Waals surface area contributed by atoms with Crippen LogP contribution in [0.4, 0.5) is 13.2 Å². The summed E-state index contributed by atoms with van der Waals surface area (Å²) in [5.74, 6) is -1.01. The molecule has 2 nitrogen and oxygen atoms in total. The fourth-order valence-corrected chi connectivity index (χ4v) is 0.929. The molecular weight excluding hydrogens is 221 g/mol. The summed E-state index contributed by atoms with van der Waals surface area (Å²) >= 11 is 0. The van der Waals surface area contributed by atoms with E-state index in [9.17, 15) is 18.0 Å². The van der Waals surface area contributed by atoms with Crippen molar-refractivity contribution in [3.8, 4) is 0 Å². The summed E-state index contributed by atoms with van der Waals surface area (Å²) < 4.78 is 39.0. The Bertz CT molecular complexity index is 369. The number of benzene rings is 1. The van der Waals surface area contributed by atoms with Crippen LogP contribution in [0.3, 0.4) is 0 Å². The fourth-order valence-electron chi connectivity index (χ4n) is 0.929. The molecule has 0 aliphatic rings. The summed E-state index contributed by atoms with van der Waals surface area (Å²) in [5.41, 5.74) is 0.714. The van der Waals surface area contributed by atoms with Crippen LogP contribution in [0.15, 0.2) is 36.4 Å². The molecule has 86 valence electrons. The molecule has 0 fully saturated rings. The molecule has 1 rings (SSSR count). The zero-order valence-electron chi connectivity index (χ0n) is 8.20. The molecule has 0 aliphatic heterocycles. The van der Waals surface area contributed by atoms with Crippen LogP contribution >= 0.6 is 0 Å². The predicted molar refractivity (Wildman–Crippen MR) is 52.5 cm³/mol. The topological polar surface area (TPSA) is 26.3 Å². The van der Waals surface area contributed by atoms with E-state index in [2.05, 4.69) is 4.74 Å². The molecule has 0 aliphatic carbocycles. The van der Waals surface area contributed by atoms with Gasteiger partial charge in [-0.15, -0.1) is 0 Å². The Balaban J connectivity index is 2.43. The largest absolute Gasteiger partial charge is 0.453 e. The third-order valence-electron chi connectivity index (χ3n) is 1.59. The third kappa shape index (κ3) is 5.19. The van der Waals surface area contributed by atoms with E-state index < -0.39 is 18.8 Å². The molecule has 0 bridgehead atoms. The van der Waals surface area contributed by atoms with Gasteiger partial charge in [-0.3, -0.25) is 0 Å². The van der Waals surface area contributed by atoms with Crippen molar-refractivity contribution in [3.63, 3.8) is 0 Å². The van der Waals surface area contributed by atoms with Crippen molar-refractivity contribution in [3.05, 3.63) is 42.0 Å². The lowest BCUT2D eigenvalue weighted by atomic mass is 10.2. The zero-order valence-corrected chi connectivity index (χ0v) is 8.20. The summed E-state index contributed by atoms with van der Waals surface area (Å²) in [4.78, 5) is 10.9. The number of alkyl halides is 3. The van der Waals surface area contributed by atoms with Crippen molar-refractivity contribution in [2.45, 2.75) is 6.18 Å². The molecule has 0 N–H and O–H groups in total. The van der Waals surface area contributed by atoms with E-state index in [0.29, 0.717) is 5.56 Å². The molecule has 5 heteroatoms. The van der Waals surface area contributed by atoms with E-state index in [0.717, 1.165) is 6.08 Å². The lowest BCUT2D eigenvalue weighted by Gasteiger charge is -2.05. The number of hydrogen-bond acceptors (Lipinski definition) is 2. The molecule has 0 aromatic heterocycles. The van der Waals surface area contributed by atoms with Crippen LogP contribution in [0.5, 0.6) is 0 Å². The van der Waals surface area contributed by atoms with Gasteiger partial charge < -0.3 is 4.74 Å². The number of carbonyl (C=O) groups excluding carboxylic acids is 1. The molecule has 0 saturated heterocycles. The molecule has 1 aromatic carbocycles. The second-order valence-electron chi connectivity index (χ2n) is 2.97. The number of esters is 1. The van der Waals surface area contributed by atoms with Crippen LogP contribution in [0, 0.1) is 0 Å². The van der Waals surface area contributed by atoms with Gasteiger partial charge in [-0.1, -0.05) is 30.3 Å². The first-order valence-corrected chi connectivity index (χ1v) is 4.44. The van der Waals surface area contributed by atoms with Crippen molar-refractivity contribution in [2.75, 3.05) is 6.61 Å². The monoisotopic (exact) mass is 230 g/mol. The minimum absolute atomic E-state index is 0.714. The first-order valence-electron chi connectivity index (χ1n) is 4.44. The van der Waals surface area contributed by atoms with E-state index in [-0.39, 0.29) is 0 Å². The SMILES string of the molecule is O=C(/C=C/c1ccccc1)OCC(F)(F)F. The van der Waals surface area contributed by atoms with Crippen molar-refractivity contribution in [1.29, 1.82) is 0 Å². The summed E-state index contributed by atoms with van der Waals surface area (Å²) in [5, 5.41) is 0. The lowest BCUT2D eigenvalue weighted by Crippen LogP contribution is -2.19. The Morgan fingerprint density at radius 1 is 1.25 bits per heavy atom. The van der Waals surface area contributed by atoms with Crippen molar-refractivity contribution in [2.24, 2.45) is 0 Å². The van der Waals surface area contributed by atoms with Crippen LogP contribution < -0.4 is 0 Å². The van der Waals surface area contributed by atoms with Gasteiger partial charge in [-0.25, -0.2) is 4.79 Å². The number of ether oxygens (including phenoxy) is 1. The normalized spacial score (nSPS) is 11.7. The summed E-state index contributed by atoms with van der Waals surface area (Å²) in [6, 6.07) is 8.72. The fraction of sp³-hybridized carbons (Fsp3) is 0.182. The average Bonchev–Trinajstić information content (AvgIpc) is 2.24. The summed E-state index contributed by atoms with van der Waals surface area (Å²) in [6.45, 7) is -1.56. The Kier molecular flexibility index (Phi) is 4.10. The molecule has 0 unspecified atom stereocenters. The maximum atomic E-state index is 11.7. The molecule has 16 heavy (non-hydrogen) atoms. The predicted octanol–water partition coefficient (Wildman–Crippen LogP) is 2.81. The van der Waals surface area contributed by atoms with Crippen LogP contribution in [-0.4, -0.2) is 18.8 Å². The molecule has 0 heterocycles. The van der Waals surface area contributed by atoms with Gasteiger partial charge in [0, 0.05) is 6.08 Å². The van der Waals surface area contributed by atoms with E-state index in [4.69, 9.17) is 0 Å². The molecule has 0 spiro atoms. The van der Waals surface area contributed by atoms with E-state index in [1.54, 1.807) is 30.3 Å². The second-order valence-corrected chi connectivity index (χ2v) is 2.97. The lowest BCUT2D eigenvalue weighted by molar-refractivity contribution is -0.182. The Hall–Kier alpha value is -1.78. The minimum atomic E-state index is -4.49. The van der Waals surface area contributed by atoms with E-state index >= 15 is 0 Å². The van der Waals surface area contributed by atoms with Crippen molar-refractivity contribution < 1.29 is 22.7 Å². The quantitative estimate of drug-likeness (QED) is 0.589. The highest BCUT2D eigenvalue weighted by Gasteiger charge is 2.29. The number of halogens is 3. The highest BCUT2D eigenvalue weighted by atomic mass is 19.4. The molecule has 0 radical (unpaired) electrons. The van der Waals surface area contributed by atoms with Crippen LogP contribution in [0.1, 0.15) is 5.56 Å². The zero-order chi connectivity index (χ0) is 12.0. The van der Waals surface area contributed by atoms with Crippen LogP contribution in [-0.2, 0) is 9.53 Å². The van der Waals surface area contributed by atoms with Gasteiger partial charge in [0.25, 0.3) is 0 Å². The van der Waals surface area contributed by atoms with Gasteiger partial charge in [0.15, 0.2) is 6.61 Å². The highest BCUT2D eigenvalue weighted by molar-refractivity contribution is 5.87. The molecular formula is C11H9F3O2. The highest BCUT2D eigenvalue weighted by Crippen LogP contribution is 2.14. The van der Waals surface area contributed by atoms with Crippen LogP contribution in [0.25, 0.3) is 6.08 Å². The van der Waals surface area contributed by atoms with Gasteiger partial charge in [-0.2, -0.15) is 13.2 Å². The first kappa shape index (κ1) is 12.3. The maximum absolute atomic E-state index is 11.7. The Morgan fingerprint density at radius 2 is 1.88 bits per heavy atom. The summed E-state index contributed by atoms with van der Waals surface area (Å²) in [6.07, 6.45) is -2.14. The van der Waals surface area contributed by atoms with Crippen molar-refractivity contribution >= 4 is 12.0 Å². The average molecular weight is 230 g/mol. The van der Waals surface area contributed by atoms with Gasteiger partial charge in [-0.05, 0) is 11.6 Å². The smallest absolute Gasteiger partial charge is 0.422 e. The van der Waals surface area contributed by atoms with Gasteiger partial charge in [0.2, 0.25) is 0 Å². The maximum Gasteiger partial charge on any atom is 0.422 e. The number of rotatable bonds is 3. The Morgan fingerprint density at radius 3 is 2.44 bits per heavy atom. The summed E-state index contributed by atoms with van der Waals surface area (Å²) in [7, 11) is 0. The van der Waals surface area contributed by atoms with E-state index in [1.807, 2.05) is 0 Å². The molecule has 0 atom stereocenters. The van der Waals surface area contributed by atoms with E-state index in [1.165, 1.54) is 6.08 Å². The number of hydrogen-bond donors (Lipinski definition) is 0.